The molecule has 0 radical (unpaired) electrons. The lowest BCUT2D eigenvalue weighted by molar-refractivity contribution is 0.568. The number of aromatic nitrogens is 4. The van der Waals surface area contributed by atoms with Gasteiger partial charge < -0.3 is 14.4 Å². The molecule has 0 unspecified atom stereocenters. The third-order valence-electron chi connectivity index (χ3n) is 25.2. The first-order valence-corrected chi connectivity index (χ1v) is 43.3. The van der Waals surface area contributed by atoms with Crippen LogP contribution >= 0.6 is 0 Å². The van der Waals surface area contributed by atoms with Crippen molar-refractivity contribution in [1.29, 1.82) is 5.26 Å². The Hall–Kier alpha value is -14.5. The highest BCUT2D eigenvalue weighted by molar-refractivity contribution is 7.00. The third-order valence-corrected chi connectivity index (χ3v) is 25.2. The third kappa shape index (κ3) is 14.4. The monoisotopic (exact) mass is 1600 g/mol. The van der Waals surface area contributed by atoms with E-state index < -0.39 is 0 Å². The van der Waals surface area contributed by atoms with E-state index in [1.807, 2.05) is 72.8 Å². The van der Waals surface area contributed by atoms with E-state index in [1.165, 1.54) is 60.9 Å². The molecule has 598 valence electrons. The maximum absolute atomic E-state index is 10.8. The van der Waals surface area contributed by atoms with Crippen molar-refractivity contribution < 1.29 is 0 Å². The summed E-state index contributed by atoms with van der Waals surface area (Å²) in [7, 11) is 0. The van der Waals surface area contributed by atoms with Gasteiger partial charge >= 0.3 is 0 Å². The van der Waals surface area contributed by atoms with Gasteiger partial charge in [0.1, 0.15) is 0 Å². The molecule has 0 atom stereocenters. The minimum atomic E-state index is -0.312. The van der Waals surface area contributed by atoms with Crippen molar-refractivity contribution in [3.63, 3.8) is 0 Å². The number of hydrogen-bond acceptors (Lipinski definition) is 6. The van der Waals surface area contributed by atoms with E-state index in [4.69, 9.17) is 15.0 Å². The van der Waals surface area contributed by atoms with Crippen LogP contribution in [0, 0.1) is 11.3 Å². The first-order chi connectivity index (χ1) is 59.9. The molecular weight excluding hydrogens is 1500 g/mol. The number of fused-ring (bicyclic) bond motifs is 7. The minimum Gasteiger partial charge on any atom is -0.311 e. The fourth-order valence-corrected chi connectivity index (χ4v) is 18.4. The zero-order valence-electron chi connectivity index (χ0n) is 72.3. The van der Waals surface area contributed by atoms with Gasteiger partial charge in [-0.3, -0.25) is 0 Å². The van der Waals surface area contributed by atoms with Crippen LogP contribution in [0.25, 0.3) is 140 Å². The predicted molar refractivity (Wildman–Crippen MR) is 522 cm³/mol. The van der Waals surface area contributed by atoms with Crippen LogP contribution in [0.5, 0.6) is 0 Å². The van der Waals surface area contributed by atoms with Gasteiger partial charge in [-0.25, -0.2) is 15.0 Å². The molecule has 8 heteroatoms. The van der Waals surface area contributed by atoms with E-state index in [0.29, 0.717) is 28.6 Å². The summed E-state index contributed by atoms with van der Waals surface area (Å²) >= 11 is 0. The summed E-state index contributed by atoms with van der Waals surface area (Å²) in [5.41, 5.74) is 36.3. The average Bonchev–Trinajstić information content (AvgIpc) is 0.776. The van der Waals surface area contributed by atoms with Gasteiger partial charge in [0.05, 0.1) is 28.4 Å². The van der Waals surface area contributed by atoms with Gasteiger partial charge in [-0.2, -0.15) is 5.26 Å². The van der Waals surface area contributed by atoms with Crippen LogP contribution in [0.1, 0.15) is 111 Å². The second-order valence-corrected chi connectivity index (χ2v) is 37.6. The molecule has 124 heavy (non-hydrogen) atoms. The molecule has 0 saturated carbocycles. The highest BCUT2D eigenvalue weighted by Crippen LogP contribution is 2.52. The lowest BCUT2D eigenvalue weighted by atomic mass is 9.33. The van der Waals surface area contributed by atoms with E-state index >= 15 is 0 Å². The average molecular weight is 1600 g/mol. The topological polar surface area (TPSA) is 73.9 Å². The largest absolute Gasteiger partial charge is 0.311 e. The van der Waals surface area contributed by atoms with Crippen molar-refractivity contribution in [2.24, 2.45) is 0 Å². The summed E-state index contributed by atoms with van der Waals surface area (Å²) in [5.74, 6) is 1.53. The van der Waals surface area contributed by atoms with Crippen molar-refractivity contribution in [3.05, 3.63) is 392 Å². The molecule has 2 aliphatic rings. The van der Waals surface area contributed by atoms with Gasteiger partial charge in [-0.1, -0.05) is 350 Å². The summed E-state index contributed by atoms with van der Waals surface area (Å²) in [6.07, 6.45) is 0. The maximum Gasteiger partial charge on any atom is 0.252 e. The summed E-state index contributed by atoms with van der Waals surface area (Å²) in [5, 5.41) is 12.9. The van der Waals surface area contributed by atoms with Crippen molar-refractivity contribution in [2.75, 3.05) is 9.80 Å². The van der Waals surface area contributed by atoms with Crippen LogP contribution in [-0.4, -0.2) is 26.2 Å². The Morgan fingerprint density at radius 2 is 0.581 bits per heavy atom. The maximum atomic E-state index is 10.8. The molecule has 2 aromatic heterocycles. The number of benzene rings is 16. The Kier molecular flexibility index (Phi) is 19.2. The molecule has 2 aliphatic heterocycles. The molecule has 20 rings (SSSR count). The fourth-order valence-electron chi connectivity index (χ4n) is 18.4. The molecular formula is C116H96BN7. The van der Waals surface area contributed by atoms with E-state index in [-0.39, 0.29) is 28.4 Å². The molecule has 0 N–H and O–H groups in total. The van der Waals surface area contributed by atoms with Crippen LogP contribution in [-0.2, 0) is 21.7 Å². The van der Waals surface area contributed by atoms with Crippen LogP contribution in [0.15, 0.2) is 364 Å². The molecule has 0 fully saturated rings. The van der Waals surface area contributed by atoms with Crippen LogP contribution < -0.4 is 26.2 Å². The highest BCUT2D eigenvalue weighted by atomic mass is 15.2. The van der Waals surface area contributed by atoms with Gasteiger partial charge in [0, 0.05) is 61.6 Å². The second-order valence-electron chi connectivity index (χ2n) is 37.6. The van der Waals surface area contributed by atoms with Gasteiger partial charge in [-0.05, 0) is 235 Å². The summed E-state index contributed by atoms with van der Waals surface area (Å²) in [6, 6.07) is 137. The van der Waals surface area contributed by atoms with Crippen molar-refractivity contribution in [1.82, 2.24) is 19.5 Å². The molecule has 0 spiro atoms. The molecule has 0 amide bonds. The summed E-state index contributed by atoms with van der Waals surface area (Å²) in [4.78, 5) is 21.0. The zero-order chi connectivity index (χ0) is 85.1. The number of para-hydroxylation sites is 1. The predicted octanol–water partition coefficient (Wildman–Crippen LogP) is 28.8. The van der Waals surface area contributed by atoms with Gasteiger partial charge in [0.25, 0.3) is 6.71 Å². The first kappa shape index (κ1) is 78.1. The van der Waals surface area contributed by atoms with Gasteiger partial charge in [-0.15, -0.1) is 0 Å². The van der Waals surface area contributed by atoms with E-state index in [9.17, 15) is 5.26 Å². The lowest BCUT2D eigenvalue weighted by Crippen LogP contribution is -2.61. The standard InChI is InChI=1S/C116H96BN7/c1-113(2,3)91-58-88(59-92(71-91)114(4,5)6)82-49-53-105-100(67-82)117-101-68-83(89-60-93(115(7,8)9)72-94(61-89)116(10,11)12)50-54-106(101)123(96-64-86(77-37-23-15-24-38-77)57-87(65-96)78-39-25-16-26-40-78)108-70-90(69-107(109(108)117)122(105)95-62-84(75-33-19-13-20-34-75)56-85(63-95)76-35-21-14-22-36-76)81-48-52-103-98(66-81)97-45-31-32-46-102(97)124(103)104-51-47-74(73-118)55-99(104)112-120-110(79-41-27-17-28-42-79)119-111(121-112)80-43-29-18-30-44-80/h13-72H,1-12H3. The first-order valence-electron chi connectivity index (χ1n) is 43.3. The highest BCUT2D eigenvalue weighted by Gasteiger charge is 2.45. The quantitative estimate of drug-likeness (QED) is 0.107. The normalized spacial score (nSPS) is 12.6. The second kappa shape index (κ2) is 30.6. The van der Waals surface area contributed by atoms with Crippen molar-refractivity contribution in [3.8, 4) is 124 Å². The Morgan fingerprint density at radius 1 is 0.250 bits per heavy atom. The molecule has 0 aliphatic carbocycles. The number of anilines is 6. The van der Waals surface area contributed by atoms with Gasteiger partial charge in [0.15, 0.2) is 17.5 Å². The van der Waals surface area contributed by atoms with E-state index in [1.54, 1.807) is 0 Å². The molecule has 18 aromatic rings. The van der Waals surface area contributed by atoms with E-state index in [0.717, 1.165) is 128 Å². The Morgan fingerprint density at radius 3 is 0.976 bits per heavy atom. The molecule has 0 saturated heterocycles. The Bertz CT molecular complexity index is 6750. The lowest BCUT2D eigenvalue weighted by Gasteiger charge is -2.45. The summed E-state index contributed by atoms with van der Waals surface area (Å²) in [6.45, 7) is 27.8. The SMILES string of the molecule is CC(C)(C)c1cc(-c2ccc3c(c2)B2c4cc(-c5cc(C(C)(C)C)cc(C(C)(C)C)c5)ccc4N(c4cc(-c5ccccc5)cc(-c5ccccc5)c4)c4cc(-c5ccc6c(c5)c5ccccc5n6-c5ccc(C#N)cc5-c5nc(-c6ccccc6)nc(-c6ccccc6)n5)cc(c42)N3c2cc(-c3ccccc3)cc(-c3ccccc3)c2)cc(C(C)(C)C)c1. The van der Waals surface area contributed by atoms with Crippen LogP contribution in [0.3, 0.4) is 0 Å². The Balaban J connectivity index is 0.903. The number of hydrogen-bond donors (Lipinski definition) is 0. The molecule has 4 heterocycles. The van der Waals surface area contributed by atoms with E-state index in [2.05, 4.69) is 395 Å². The minimum absolute atomic E-state index is 0.127. The zero-order valence-corrected chi connectivity index (χ0v) is 72.3. The van der Waals surface area contributed by atoms with Crippen LogP contribution in [0.4, 0.5) is 34.1 Å². The van der Waals surface area contributed by atoms with Gasteiger partial charge in [0.2, 0.25) is 0 Å². The molecule has 0 bridgehead atoms. The Labute approximate surface area is 729 Å². The fraction of sp³-hybridized carbons (Fsp3) is 0.138. The smallest absolute Gasteiger partial charge is 0.252 e. The number of rotatable bonds is 13. The van der Waals surface area contributed by atoms with Crippen molar-refractivity contribution >= 4 is 79.0 Å². The summed E-state index contributed by atoms with van der Waals surface area (Å²) < 4.78 is 2.33. The molecule has 16 aromatic carbocycles. The molecule has 7 nitrogen and oxygen atoms in total. The van der Waals surface area contributed by atoms with Crippen molar-refractivity contribution in [2.45, 2.75) is 105 Å². The number of nitrogens with zero attached hydrogens (tertiary/aromatic N) is 7. The van der Waals surface area contributed by atoms with Crippen LogP contribution in [0.2, 0.25) is 0 Å². The number of nitriles is 1.